The number of rotatable bonds is 3. The molecule has 0 radical (unpaired) electrons. The third-order valence-electron chi connectivity index (χ3n) is 4.48. The summed E-state index contributed by atoms with van der Waals surface area (Å²) in [6.45, 7) is 3.51. The Morgan fingerprint density at radius 1 is 1.36 bits per heavy atom. The Morgan fingerprint density at radius 2 is 2.20 bits per heavy atom. The number of nitrogens with zero attached hydrogens (tertiary/aromatic N) is 2. The number of benzene rings is 1. The van der Waals surface area contributed by atoms with Gasteiger partial charge in [-0.3, -0.25) is 14.6 Å². The summed E-state index contributed by atoms with van der Waals surface area (Å²) in [6, 6.07) is 7.29. The average Bonchev–Trinajstić information content (AvgIpc) is 3.14. The van der Waals surface area contributed by atoms with E-state index in [0.29, 0.717) is 22.6 Å². The number of anilines is 1. The van der Waals surface area contributed by atoms with Gasteiger partial charge in [-0.15, -0.1) is 0 Å². The summed E-state index contributed by atoms with van der Waals surface area (Å²) in [5, 5.41) is 2.77. The molecular weight excluding hydrogens is 320 g/mol. The number of hydrogen-bond acceptors (Lipinski definition) is 5. The molecule has 2 aromatic heterocycles. The normalized spacial score (nSPS) is 18.9. The molecule has 0 saturated carbocycles. The summed E-state index contributed by atoms with van der Waals surface area (Å²) >= 11 is 0. The molecule has 3 aromatic rings. The molecule has 7 heteroatoms. The number of esters is 1. The van der Waals surface area contributed by atoms with Gasteiger partial charge in [0.05, 0.1) is 17.6 Å². The molecule has 7 nitrogen and oxygen atoms in total. The van der Waals surface area contributed by atoms with E-state index in [4.69, 9.17) is 4.74 Å². The van der Waals surface area contributed by atoms with Crippen molar-refractivity contribution in [3.63, 3.8) is 0 Å². The number of hydrogen-bond donors (Lipinski definition) is 2. The maximum absolute atomic E-state index is 12.4. The van der Waals surface area contributed by atoms with Crippen LogP contribution in [0, 0.1) is 0 Å². The number of H-pyrrole nitrogens is 1. The molecule has 4 rings (SSSR count). The van der Waals surface area contributed by atoms with Crippen molar-refractivity contribution in [3.8, 4) is 11.4 Å². The molecule has 0 fully saturated rings. The van der Waals surface area contributed by atoms with Crippen LogP contribution in [0.3, 0.4) is 0 Å². The van der Waals surface area contributed by atoms with Gasteiger partial charge < -0.3 is 15.0 Å². The van der Waals surface area contributed by atoms with E-state index in [1.165, 1.54) is 0 Å². The first-order valence-electron chi connectivity index (χ1n) is 7.97. The fourth-order valence-corrected chi connectivity index (χ4v) is 3.06. The Bertz CT molecular complexity index is 996. The zero-order valence-electron chi connectivity index (χ0n) is 13.8. The van der Waals surface area contributed by atoms with Gasteiger partial charge in [-0.1, -0.05) is 0 Å². The van der Waals surface area contributed by atoms with Gasteiger partial charge >= 0.3 is 5.97 Å². The van der Waals surface area contributed by atoms with Crippen molar-refractivity contribution < 1.29 is 14.3 Å². The highest BCUT2D eigenvalue weighted by Gasteiger charge is 2.50. The number of imidazole rings is 1. The molecule has 1 aliphatic heterocycles. The molecule has 1 atom stereocenters. The molecule has 1 unspecified atom stereocenters. The molecule has 1 amide bonds. The third kappa shape index (κ3) is 2.20. The van der Waals surface area contributed by atoms with Crippen molar-refractivity contribution in [1.29, 1.82) is 0 Å². The van der Waals surface area contributed by atoms with Crippen LogP contribution in [0.4, 0.5) is 5.69 Å². The van der Waals surface area contributed by atoms with Crippen LogP contribution < -0.4 is 5.32 Å². The average molecular weight is 336 g/mol. The maximum atomic E-state index is 12.4. The predicted molar refractivity (Wildman–Crippen MR) is 91.9 cm³/mol. The molecular formula is C18H16N4O3. The first-order valence-corrected chi connectivity index (χ1v) is 7.97. The number of carbonyl (C=O) groups excluding carboxylic acids is 2. The number of carbonyl (C=O) groups is 2. The minimum Gasteiger partial charge on any atom is -0.465 e. The molecule has 0 aliphatic carbocycles. The van der Waals surface area contributed by atoms with Crippen molar-refractivity contribution >= 4 is 28.6 Å². The minimum atomic E-state index is -1.37. The van der Waals surface area contributed by atoms with Crippen LogP contribution in [-0.4, -0.2) is 33.4 Å². The fourth-order valence-electron chi connectivity index (χ4n) is 3.06. The molecule has 1 aromatic carbocycles. The van der Waals surface area contributed by atoms with Crippen molar-refractivity contribution in [2.75, 3.05) is 11.9 Å². The third-order valence-corrected chi connectivity index (χ3v) is 4.48. The lowest BCUT2D eigenvalue weighted by Crippen LogP contribution is -2.40. The van der Waals surface area contributed by atoms with Gasteiger partial charge in [0.25, 0.3) is 0 Å². The Labute approximate surface area is 143 Å². The van der Waals surface area contributed by atoms with Crippen LogP contribution in [0.15, 0.2) is 36.7 Å². The smallest absolute Gasteiger partial charge is 0.326 e. The highest BCUT2D eigenvalue weighted by molar-refractivity contribution is 6.19. The van der Waals surface area contributed by atoms with E-state index in [1.807, 2.05) is 12.1 Å². The van der Waals surface area contributed by atoms with Gasteiger partial charge in [0.1, 0.15) is 5.82 Å². The number of amides is 1. The molecule has 126 valence electrons. The van der Waals surface area contributed by atoms with E-state index in [2.05, 4.69) is 20.3 Å². The summed E-state index contributed by atoms with van der Waals surface area (Å²) < 4.78 is 5.11. The zero-order chi connectivity index (χ0) is 17.6. The summed E-state index contributed by atoms with van der Waals surface area (Å²) in [5.74, 6) is -0.273. The van der Waals surface area contributed by atoms with E-state index in [9.17, 15) is 9.59 Å². The van der Waals surface area contributed by atoms with E-state index in [0.717, 1.165) is 11.1 Å². The monoisotopic (exact) mass is 336 g/mol. The summed E-state index contributed by atoms with van der Waals surface area (Å²) in [5.41, 5.74) is 2.10. The lowest BCUT2D eigenvalue weighted by Gasteiger charge is -2.19. The predicted octanol–water partition coefficient (Wildman–Crippen LogP) is 2.40. The second-order valence-corrected chi connectivity index (χ2v) is 6.04. The van der Waals surface area contributed by atoms with E-state index in [1.54, 1.807) is 38.4 Å². The van der Waals surface area contributed by atoms with Crippen LogP contribution in [0.1, 0.15) is 19.4 Å². The van der Waals surface area contributed by atoms with Crippen molar-refractivity contribution in [2.45, 2.75) is 19.3 Å². The van der Waals surface area contributed by atoms with E-state index in [-0.39, 0.29) is 12.5 Å². The number of aromatic nitrogens is 3. The highest BCUT2D eigenvalue weighted by atomic mass is 16.5. The number of nitrogens with one attached hydrogen (secondary N) is 2. The SMILES string of the molecule is CCOC(=O)C1(C)C(=O)Nc2cc3[nH]c(-c4cccnc4)nc3cc21. The van der Waals surface area contributed by atoms with Gasteiger partial charge in [-0.2, -0.15) is 0 Å². The van der Waals surface area contributed by atoms with Gasteiger partial charge in [-0.25, -0.2) is 4.98 Å². The molecule has 25 heavy (non-hydrogen) atoms. The topological polar surface area (TPSA) is 97.0 Å². The second-order valence-electron chi connectivity index (χ2n) is 6.04. The minimum absolute atomic E-state index is 0.215. The molecule has 1 aliphatic rings. The van der Waals surface area contributed by atoms with Crippen molar-refractivity contribution in [3.05, 3.63) is 42.2 Å². The van der Waals surface area contributed by atoms with Crippen LogP contribution in [0.5, 0.6) is 0 Å². The molecule has 0 saturated heterocycles. The summed E-state index contributed by atoms with van der Waals surface area (Å²) in [6.07, 6.45) is 3.41. The number of fused-ring (bicyclic) bond motifs is 2. The number of pyridine rings is 1. The summed E-state index contributed by atoms with van der Waals surface area (Å²) in [4.78, 5) is 36.7. The first kappa shape index (κ1) is 15.3. The van der Waals surface area contributed by atoms with E-state index >= 15 is 0 Å². The van der Waals surface area contributed by atoms with Gasteiger partial charge in [0, 0.05) is 29.2 Å². The second kappa shape index (κ2) is 5.41. The Balaban J connectivity index is 1.85. The maximum Gasteiger partial charge on any atom is 0.326 e. The van der Waals surface area contributed by atoms with E-state index < -0.39 is 11.4 Å². The Morgan fingerprint density at radius 3 is 2.92 bits per heavy atom. The first-order chi connectivity index (χ1) is 12.0. The highest BCUT2D eigenvalue weighted by Crippen LogP contribution is 2.41. The Kier molecular flexibility index (Phi) is 3.31. The van der Waals surface area contributed by atoms with Crippen molar-refractivity contribution in [1.82, 2.24) is 15.0 Å². The molecule has 2 N–H and O–H groups in total. The van der Waals surface area contributed by atoms with Crippen molar-refractivity contribution in [2.24, 2.45) is 0 Å². The number of ether oxygens (including phenoxy) is 1. The summed E-state index contributed by atoms with van der Waals surface area (Å²) in [7, 11) is 0. The molecule has 0 bridgehead atoms. The van der Waals surface area contributed by atoms with Crippen LogP contribution in [0.2, 0.25) is 0 Å². The lowest BCUT2D eigenvalue weighted by molar-refractivity contribution is -0.152. The van der Waals surface area contributed by atoms with Crippen LogP contribution in [-0.2, 0) is 19.7 Å². The van der Waals surface area contributed by atoms with Crippen LogP contribution >= 0.6 is 0 Å². The van der Waals surface area contributed by atoms with Gasteiger partial charge in [0.15, 0.2) is 5.41 Å². The van der Waals surface area contributed by atoms with Crippen LogP contribution in [0.25, 0.3) is 22.4 Å². The Hall–Kier alpha value is -3.22. The number of aromatic amines is 1. The van der Waals surface area contributed by atoms with Gasteiger partial charge in [-0.05, 0) is 38.1 Å². The van der Waals surface area contributed by atoms with Gasteiger partial charge in [0.2, 0.25) is 5.91 Å². The molecule has 0 spiro atoms. The zero-order valence-corrected chi connectivity index (χ0v) is 13.8. The lowest BCUT2D eigenvalue weighted by atomic mass is 9.83. The molecule has 3 heterocycles. The quantitative estimate of drug-likeness (QED) is 0.565. The fraction of sp³-hybridized carbons (Fsp3) is 0.222. The largest absolute Gasteiger partial charge is 0.465 e. The standard InChI is InChI=1S/C18H16N4O3/c1-3-25-17(24)18(2)11-7-13-14(8-12(11)22-16(18)23)21-15(20-13)10-5-4-6-19-9-10/h4-9H,3H2,1-2H3,(H,20,21)(H,22,23).